The maximum absolute atomic E-state index is 12.8. The first-order valence-electron chi connectivity index (χ1n) is 6.77. The number of nitrogens with zero attached hydrogens (tertiary/aromatic N) is 3. The van der Waals surface area contributed by atoms with Gasteiger partial charge in [-0.15, -0.1) is 0 Å². The molecule has 0 saturated heterocycles. The first-order valence-corrected chi connectivity index (χ1v) is 7.15. The lowest BCUT2D eigenvalue weighted by atomic mass is 10.3. The van der Waals surface area contributed by atoms with E-state index in [4.69, 9.17) is 11.6 Å². The van der Waals surface area contributed by atoms with Gasteiger partial charge in [0.25, 0.3) is 5.91 Å². The average Bonchev–Trinajstić information content (AvgIpc) is 3.01. The number of hydrogen-bond donors (Lipinski definition) is 2. The lowest BCUT2D eigenvalue weighted by molar-refractivity contribution is 0.0949. The summed E-state index contributed by atoms with van der Waals surface area (Å²) in [5.41, 5.74) is 0.614. The third-order valence-electron chi connectivity index (χ3n) is 2.97. The Balaban J connectivity index is 0.000000774. The van der Waals surface area contributed by atoms with Crippen LogP contribution in [0.2, 0.25) is 5.15 Å². The summed E-state index contributed by atoms with van der Waals surface area (Å²) in [6, 6.07) is 1.20. The van der Waals surface area contributed by atoms with Crippen LogP contribution < -0.4 is 10.6 Å². The molecule has 1 aliphatic carbocycles. The van der Waals surface area contributed by atoms with E-state index in [1.54, 1.807) is 13.1 Å². The highest BCUT2D eigenvalue weighted by atomic mass is 35.5. The van der Waals surface area contributed by atoms with Crippen LogP contribution in [-0.2, 0) is 0 Å². The highest BCUT2D eigenvalue weighted by Crippen LogP contribution is 2.26. The molecule has 2 unspecified atom stereocenters. The predicted molar refractivity (Wildman–Crippen MR) is 79.7 cm³/mol. The maximum atomic E-state index is 12.8. The van der Waals surface area contributed by atoms with Gasteiger partial charge in [-0.25, -0.2) is 9.37 Å². The van der Waals surface area contributed by atoms with Crippen LogP contribution in [0.4, 0.5) is 10.2 Å². The van der Waals surface area contributed by atoms with Crippen molar-refractivity contribution in [3.05, 3.63) is 23.0 Å². The Morgan fingerprint density at radius 1 is 1.52 bits per heavy atom. The maximum Gasteiger partial charge on any atom is 0.257 e. The van der Waals surface area contributed by atoms with Gasteiger partial charge in [-0.1, -0.05) is 25.4 Å². The monoisotopic (exact) mass is 313 g/mol. The third kappa shape index (κ3) is 3.07. The fraction of sp³-hybridized carbons (Fsp3) is 0.462. The number of carbonyl (C=O) groups excluding carboxylic acids is 1. The van der Waals surface area contributed by atoms with Gasteiger partial charge in [0.2, 0.25) is 0 Å². The SMILES string of the molecule is CC.CNc1cc(Cl)nc2c(C(=O)NC3CC3F)cnn12. The molecule has 2 N–H and O–H groups in total. The van der Waals surface area contributed by atoms with E-state index in [-0.39, 0.29) is 10.7 Å². The van der Waals surface area contributed by atoms with Crippen LogP contribution in [0.1, 0.15) is 30.6 Å². The molecule has 8 heteroatoms. The number of aromatic nitrogens is 3. The number of nitrogens with one attached hydrogen (secondary N) is 2. The Morgan fingerprint density at radius 3 is 2.76 bits per heavy atom. The summed E-state index contributed by atoms with van der Waals surface area (Å²) >= 11 is 5.89. The molecule has 1 amide bonds. The van der Waals surface area contributed by atoms with Crippen LogP contribution in [0.25, 0.3) is 5.65 Å². The zero-order valence-corrected chi connectivity index (χ0v) is 12.8. The van der Waals surface area contributed by atoms with Gasteiger partial charge in [-0.05, 0) is 0 Å². The van der Waals surface area contributed by atoms with E-state index in [1.165, 1.54) is 10.7 Å². The molecule has 2 atom stereocenters. The number of carbonyl (C=O) groups is 1. The van der Waals surface area contributed by atoms with Gasteiger partial charge < -0.3 is 10.6 Å². The van der Waals surface area contributed by atoms with Gasteiger partial charge >= 0.3 is 0 Å². The van der Waals surface area contributed by atoms with Gasteiger partial charge in [-0.3, -0.25) is 4.79 Å². The minimum atomic E-state index is -0.949. The van der Waals surface area contributed by atoms with Gasteiger partial charge in [0.15, 0.2) is 5.65 Å². The Bertz CT molecular complexity index is 659. The Morgan fingerprint density at radius 2 is 2.19 bits per heavy atom. The van der Waals surface area contributed by atoms with Gasteiger partial charge in [-0.2, -0.15) is 9.61 Å². The fourth-order valence-electron chi connectivity index (χ4n) is 1.83. The standard InChI is InChI=1S/C11H11ClFN5O.C2H6/c1-14-9-3-8(12)17-10-5(4-15-18(9)10)11(19)16-7-2-6(7)13;1-2/h3-4,6-7,14H,2H2,1H3,(H,16,19);1-2H3. The number of alkyl halides is 1. The van der Waals surface area contributed by atoms with Crippen molar-refractivity contribution in [2.24, 2.45) is 0 Å². The van der Waals surface area contributed by atoms with Crippen molar-refractivity contribution in [2.45, 2.75) is 32.5 Å². The number of halogens is 2. The van der Waals surface area contributed by atoms with Crippen LogP contribution in [0.15, 0.2) is 12.3 Å². The van der Waals surface area contributed by atoms with Gasteiger partial charge in [0.05, 0.1) is 12.2 Å². The zero-order valence-electron chi connectivity index (χ0n) is 12.0. The molecule has 6 nitrogen and oxygen atoms in total. The Kier molecular flexibility index (Phi) is 4.62. The normalized spacial score (nSPS) is 19.7. The van der Waals surface area contributed by atoms with E-state index in [0.717, 1.165) is 0 Å². The minimum absolute atomic E-state index is 0.251. The first kappa shape index (κ1) is 15.5. The van der Waals surface area contributed by atoms with E-state index in [1.807, 2.05) is 13.8 Å². The second-order valence-electron chi connectivity index (χ2n) is 4.34. The second-order valence-corrected chi connectivity index (χ2v) is 4.73. The number of anilines is 1. The molecule has 1 fully saturated rings. The smallest absolute Gasteiger partial charge is 0.257 e. The van der Waals surface area contributed by atoms with Crippen molar-refractivity contribution in [3.63, 3.8) is 0 Å². The van der Waals surface area contributed by atoms with E-state index in [9.17, 15) is 9.18 Å². The molecule has 2 aromatic heterocycles. The second kappa shape index (κ2) is 6.26. The number of hydrogen-bond acceptors (Lipinski definition) is 4. The summed E-state index contributed by atoms with van der Waals surface area (Å²) in [6.07, 6.45) is 0.806. The molecule has 114 valence electrons. The molecule has 2 aromatic rings. The summed E-state index contributed by atoms with van der Waals surface area (Å²) in [5, 5.41) is 9.82. The predicted octanol–water partition coefficient (Wildman–Crippen LogP) is 2.29. The minimum Gasteiger partial charge on any atom is -0.373 e. The molecule has 0 bridgehead atoms. The molecule has 21 heavy (non-hydrogen) atoms. The number of fused-ring (bicyclic) bond motifs is 1. The highest BCUT2D eigenvalue weighted by Gasteiger charge is 2.39. The van der Waals surface area contributed by atoms with Crippen molar-refractivity contribution >= 4 is 29.0 Å². The van der Waals surface area contributed by atoms with E-state index in [0.29, 0.717) is 17.9 Å². The van der Waals surface area contributed by atoms with Crippen molar-refractivity contribution in [1.82, 2.24) is 19.9 Å². The third-order valence-corrected chi connectivity index (χ3v) is 3.16. The molecular formula is C13H17ClFN5O. The molecule has 2 heterocycles. The van der Waals surface area contributed by atoms with E-state index >= 15 is 0 Å². The summed E-state index contributed by atoms with van der Waals surface area (Å²) < 4.78 is 14.3. The molecule has 0 aromatic carbocycles. The zero-order chi connectivity index (χ0) is 15.6. The van der Waals surface area contributed by atoms with Crippen molar-refractivity contribution in [3.8, 4) is 0 Å². The average molecular weight is 314 g/mol. The molecule has 1 saturated carbocycles. The number of amides is 1. The van der Waals surface area contributed by atoms with Gasteiger partial charge in [0, 0.05) is 19.5 Å². The summed E-state index contributed by atoms with van der Waals surface area (Å²) in [7, 11) is 1.71. The first-order chi connectivity index (χ1) is 10.1. The topological polar surface area (TPSA) is 71.3 Å². The molecule has 3 rings (SSSR count). The van der Waals surface area contributed by atoms with Gasteiger partial charge in [0.1, 0.15) is 22.7 Å². The Labute approximate surface area is 126 Å². The van der Waals surface area contributed by atoms with Crippen molar-refractivity contribution in [2.75, 3.05) is 12.4 Å². The summed E-state index contributed by atoms with van der Waals surface area (Å²) in [4.78, 5) is 16.1. The van der Waals surface area contributed by atoms with E-state index < -0.39 is 18.1 Å². The summed E-state index contributed by atoms with van der Waals surface area (Å²) in [5.74, 6) is 0.223. The van der Waals surface area contributed by atoms with Crippen LogP contribution in [0.5, 0.6) is 0 Å². The van der Waals surface area contributed by atoms with Crippen molar-refractivity contribution < 1.29 is 9.18 Å². The van der Waals surface area contributed by atoms with Crippen LogP contribution in [0.3, 0.4) is 0 Å². The lowest BCUT2D eigenvalue weighted by Gasteiger charge is -2.05. The largest absolute Gasteiger partial charge is 0.373 e. The van der Waals surface area contributed by atoms with Crippen molar-refractivity contribution in [1.29, 1.82) is 0 Å². The molecule has 0 spiro atoms. The molecular weight excluding hydrogens is 297 g/mol. The highest BCUT2D eigenvalue weighted by molar-refractivity contribution is 6.29. The fourth-order valence-corrected chi connectivity index (χ4v) is 2.01. The number of rotatable bonds is 3. The van der Waals surface area contributed by atoms with E-state index in [2.05, 4.69) is 20.7 Å². The Hall–Kier alpha value is -1.89. The molecule has 0 aliphatic heterocycles. The quantitative estimate of drug-likeness (QED) is 0.853. The molecule has 0 radical (unpaired) electrons. The van der Waals surface area contributed by atoms with Crippen LogP contribution in [-0.4, -0.2) is 39.8 Å². The van der Waals surface area contributed by atoms with Crippen LogP contribution >= 0.6 is 11.6 Å². The van der Waals surface area contributed by atoms with Crippen LogP contribution in [0, 0.1) is 0 Å². The summed E-state index contributed by atoms with van der Waals surface area (Å²) in [6.45, 7) is 4.00. The molecule has 1 aliphatic rings. The lowest BCUT2D eigenvalue weighted by Crippen LogP contribution is -2.27.